The zero-order valence-corrected chi connectivity index (χ0v) is 13.5. The molecule has 0 spiro atoms. The van der Waals surface area contributed by atoms with E-state index in [0.717, 1.165) is 12.8 Å². The number of rotatable bonds is 6. The van der Waals surface area contributed by atoms with Crippen molar-refractivity contribution in [2.24, 2.45) is 0 Å². The van der Waals surface area contributed by atoms with Crippen molar-refractivity contribution in [1.82, 2.24) is 10.3 Å². The van der Waals surface area contributed by atoms with Crippen LogP contribution in [0.25, 0.3) is 11.5 Å². The number of carbonyl (C=O) groups is 1. The number of hydrogen-bond donors (Lipinski definition) is 1. The lowest BCUT2D eigenvalue weighted by Crippen LogP contribution is -2.30. The highest BCUT2D eigenvalue weighted by Gasteiger charge is 2.24. The Morgan fingerprint density at radius 1 is 1.43 bits per heavy atom. The maximum atomic E-state index is 13.8. The molecule has 1 heterocycles. The van der Waals surface area contributed by atoms with Gasteiger partial charge in [0, 0.05) is 16.8 Å². The first kappa shape index (κ1) is 15.9. The lowest BCUT2D eigenvalue weighted by atomic mass is 10.2. The second-order valence-corrected chi connectivity index (χ2v) is 7.03. The summed E-state index contributed by atoms with van der Waals surface area (Å²) in [6.07, 6.45) is 1.99. The quantitative estimate of drug-likeness (QED) is 0.879. The van der Waals surface area contributed by atoms with Crippen molar-refractivity contribution in [3.63, 3.8) is 0 Å². The van der Waals surface area contributed by atoms with Crippen molar-refractivity contribution in [1.29, 1.82) is 0 Å². The summed E-state index contributed by atoms with van der Waals surface area (Å²) < 4.78 is 31.3. The fourth-order valence-electron chi connectivity index (χ4n) is 2.16. The Morgan fingerprint density at radius 2 is 2.17 bits per heavy atom. The number of halogens is 1. The number of oxazole rings is 1. The van der Waals surface area contributed by atoms with E-state index in [4.69, 9.17) is 4.42 Å². The highest BCUT2D eigenvalue weighted by atomic mass is 32.2. The number of aryl methyl sites for hydroxylation is 1. The van der Waals surface area contributed by atoms with E-state index in [-0.39, 0.29) is 34.9 Å². The minimum atomic E-state index is -1.38. The smallest absolute Gasteiger partial charge is 0.232 e. The van der Waals surface area contributed by atoms with Gasteiger partial charge in [0.1, 0.15) is 17.3 Å². The van der Waals surface area contributed by atoms with Crippen molar-refractivity contribution in [3.05, 3.63) is 41.5 Å². The molecule has 2 aromatic rings. The number of nitrogens with zero attached hydrogens (tertiary/aromatic N) is 1. The first-order chi connectivity index (χ1) is 11.0. The third kappa shape index (κ3) is 4.04. The molecule has 0 unspecified atom stereocenters. The Hall–Kier alpha value is -2.02. The van der Waals surface area contributed by atoms with Gasteiger partial charge >= 0.3 is 0 Å². The summed E-state index contributed by atoms with van der Waals surface area (Å²) >= 11 is 0. The second-order valence-electron chi connectivity index (χ2n) is 5.57. The summed E-state index contributed by atoms with van der Waals surface area (Å²) in [5.41, 5.74) is 0.750. The third-order valence-electron chi connectivity index (χ3n) is 3.53. The van der Waals surface area contributed by atoms with Crippen LogP contribution in [0.4, 0.5) is 4.39 Å². The van der Waals surface area contributed by atoms with Crippen molar-refractivity contribution in [2.75, 3.05) is 5.75 Å². The van der Waals surface area contributed by atoms with Gasteiger partial charge in [-0.3, -0.25) is 9.00 Å². The molecule has 1 N–H and O–H groups in total. The molecule has 0 bridgehead atoms. The van der Waals surface area contributed by atoms with Crippen molar-refractivity contribution >= 4 is 16.7 Å². The van der Waals surface area contributed by atoms with E-state index in [9.17, 15) is 13.4 Å². The largest absolute Gasteiger partial charge is 0.441 e. The van der Waals surface area contributed by atoms with E-state index in [2.05, 4.69) is 10.3 Å². The van der Waals surface area contributed by atoms with Gasteiger partial charge < -0.3 is 9.73 Å². The van der Waals surface area contributed by atoms with E-state index in [1.165, 1.54) is 6.07 Å². The maximum absolute atomic E-state index is 13.8. The minimum absolute atomic E-state index is 0.0577. The summed E-state index contributed by atoms with van der Waals surface area (Å²) in [5, 5.41) is 2.80. The van der Waals surface area contributed by atoms with Crippen LogP contribution in [0.15, 0.2) is 28.7 Å². The average molecular weight is 336 g/mol. The first-order valence-corrected chi connectivity index (χ1v) is 8.87. The molecule has 0 saturated heterocycles. The van der Waals surface area contributed by atoms with Crippen molar-refractivity contribution in [3.8, 4) is 11.5 Å². The van der Waals surface area contributed by atoms with Crippen LogP contribution in [0.1, 0.15) is 24.3 Å². The summed E-state index contributed by atoms with van der Waals surface area (Å²) in [5.74, 6) is 0.0699. The van der Waals surface area contributed by atoms with Crippen molar-refractivity contribution in [2.45, 2.75) is 31.6 Å². The molecule has 1 atom stereocenters. The van der Waals surface area contributed by atoms with E-state index in [0.29, 0.717) is 11.5 Å². The molecule has 1 aliphatic carbocycles. The minimum Gasteiger partial charge on any atom is -0.441 e. The number of hydrogen-bond acceptors (Lipinski definition) is 4. The lowest BCUT2D eigenvalue weighted by Gasteiger charge is -2.02. The molecule has 1 aromatic heterocycles. The Bertz CT molecular complexity index is 756. The van der Waals surface area contributed by atoms with E-state index in [1.807, 2.05) is 0 Å². The normalized spacial score (nSPS) is 15.4. The Morgan fingerprint density at radius 3 is 2.87 bits per heavy atom. The van der Waals surface area contributed by atoms with Gasteiger partial charge in [-0.15, -0.1) is 0 Å². The molecular formula is C16H17FN2O3S. The highest BCUT2D eigenvalue weighted by Crippen LogP contribution is 2.25. The molecule has 1 aliphatic rings. The second kappa shape index (κ2) is 6.62. The molecule has 1 aromatic carbocycles. The molecule has 1 amide bonds. The van der Waals surface area contributed by atoms with Crippen LogP contribution in [0.2, 0.25) is 0 Å². The van der Waals surface area contributed by atoms with E-state index in [1.54, 1.807) is 25.1 Å². The molecule has 3 rings (SSSR count). The first-order valence-electron chi connectivity index (χ1n) is 7.38. The molecule has 122 valence electrons. The number of aromatic nitrogens is 1. The van der Waals surface area contributed by atoms with Crippen LogP contribution in [0, 0.1) is 12.7 Å². The Kier molecular flexibility index (Phi) is 4.56. The average Bonchev–Trinajstić information content (AvgIpc) is 3.22. The van der Waals surface area contributed by atoms with E-state index >= 15 is 0 Å². The molecule has 23 heavy (non-hydrogen) atoms. The van der Waals surface area contributed by atoms with Crippen LogP contribution in [0.3, 0.4) is 0 Å². The Balaban J connectivity index is 1.67. The third-order valence-corrected chi connectivity index (χ3v) is 4.71. The summed E-state index contributed by atoms with van der Waals surface area (Å²) in [6, 6.07) is 6.43. The van der Waals surface area contributed by atoms with Crippen LogP contribution < -0.4 is 5.32 Å². The molecule has 7 heteroatoms. The number of benzene rings is 1. The summed E-state index contributed by atoms with van der Waals surface area (Å²) in [7, 11) is -1.38. The molecule has 0 radical (unpaired) electrons. The topological polar surface area (TPSA) is 72.2 Å². The van der Waals surface area contributed by atoms with Crippen LogP contribution in [-0.4, -0.2) is 26.9 Å². The lowest BCUT2D eigenvalue weighted by molar-refractivity contribution is -0.118. The predicted octanol–water partition coefficient (Wildman–Crippen LogP) is 2.32. The standard InChI is InChI=1S/C16H17FN2O3S/c1-10-14(8-23(21)9-15(20)18-11-6-7-11)19-16(22-10)12-4-2-3-5-13(12)17/h2-5,11H,6-9H2,1H3,(H,18,20)/t23-/m1/s1. The molecule has 1 saturated carbocycles. The Labute approximate surface area is 135 Å². The van der Waals surface area contributed by atoms with Gasteiger partial charge in [-0.05, 0) is 31.9 Å². The van der Waals surface area contributed by atoms with Gasteiger partial charge in [0.25, 0.3) is 0 Å². The van der Waals surface area contributed by atoms with Crippen LogP contribution in [-0.2, 0) is 21.3 Å². The van der Waals surface area contributed by atoms with Crippen molar-refractivity contribution < 1.29 is 17.8 Å². The van der Waals surface area contributed by atoms with E-state index < -0.39 is 16.6 Å². The number of carbonyl (C=O) groups excluding carboxylic acids is 1. The predicted molar refractivity (Wildman–Crippen MR) is 84.5 cm³/mol. The van der Waals surface area contributed by atoms with Gasteiger partial charge in [0.15, 0.2) is 0 Å². The number of nitrogens with one attached hydrogen (secondary N) is 1. The van der Waals surface area contributed by atoms with Crippen LogP contribution >= 0.6 is 0 Å². The zero-order chi connectivity index (χ0) is 16.4. The molecule has 1 fully saturated rings. The SMILES string of the molecule is Cc1oc(-c2ccccc2F)nc1C[S@@](=O)CC(=O)NC1CC1. The fraction of sp³-hybridized carbons (Fsp3) is 0.375. The van der Waals surface area contributed by atoms with Crippen LogP contribution in [0.5, 0.6) is 0 Å². The number of amides is 1. The molecule has 5 nitrogen and oxygen atoms in total. The fourth-order valence-corrected chi connectivity index (χ4v) is 3.21. The van der Waals surface area contributed by atoms with Gasteiger partial charge in [0.2, 0.25) is 11.8 Å². The zero-order valence-electron chi connectivity index (χ0n) is 12.7. The molecule has 0 aliphatic heterocycles. The van der Waals surface area contributed by atoms with Gasteiger partial charge in [-0.1, -0.05) is 12.1 Å². The monoisotopic (exact) mass is 336 g/mol. The summed E-state index contributed by atoms with van der Waals surface area (Å²) in [6.45, 7) is 1.69. The van der Waals surface area contributed by atoms with Gasteiger partial charge in [-0.2, -0.15) is 0 Å². The van der Waals surface area contributed by atoms with Gasteiger partial charge in [-0.25, -0.2) is 9.37 Å². The highest BCUT2D eigenvalue weighted by molar-refractivity contribution is 7.84. The summed E-state index contributed by atoms with van der Waals surface area (Å²) in [4.78, 5) is 15.9. The molecular weight excluding hydrogens is 319 g/mol. The van der Waals surface area contributed by atoms with Gasteiger partial charge in [0.05, 0.1) is 17.0 Å². The maximum Gasteiger partial charge on any atom is 0.232 e.